The molecule has 0 aliphatic rings. The number of imidazole rings is 1. The first kappa shape index (κ1) is 18.0. The van der Waals surface area contributed by atoms with Crippen LogP contribution in [-0.4, -0.2) is 19.2 Å². The topological polar surface area (TPSA) is 70.3 Å². The lowest BCUT2D eigenvalue weighted by Gasteiger charge is -2.07. The summed E-state index contributed by atoms with van der Waals surface area (Å²) in [5, 5.41) is 13.6. The molecular formula is C17H17BrFN5S. The second-order valence-corrected chi connectivity index (χ2v) is 7.55. The van der Waals surface area contributed by atoms with Crippen LogP contribution in [0.1, 0.15) is 37.6 Å². The van der Waals surface area contributed by atoms with Crippen LogP contribution in [0.25, 0.3) is 22.6 Å². The minimum Gasteiger partial charge on any atom is -0.337 e. The minimum atomic E-state index is 0.105. The Balaban J connectivity index is 2.20. The molecule has 0 saturated heterocycles. The van der Waals surface area contributed by atoms with Crippen molar-refractivity contribution in [3.63, 3.8) is 0 Å². The number of hydrogen-bond acceptors (Lipinski definition) is 4. The number of aromatic nitrogens is 4. The molecule has 25 heavy (non-hydrogen) atoms. The standard InChI is InChI=1S/C17H17BrFN5S/c1-4-15-11(5-9(2)3)16(23-24(15)25-19)17-21-13-6-10(8-20)12(18)7-14(13)22-17/h6-7,9H,4-5H2,1-3H3,(H,21,22). The quantitative estimate of drug-likeness (QED) is 0.614. The number of nitriles is 1. The van der Waals surface area contributed by atoms with Crippen LogP contribution < -0.4 is 0 Å². The van der Waals surface area contributed by atoms with Crippen LogP contribution in [-0.2, 0) is 12.8 Å². The molecular weight excluding hydrogens is 405 g/mol. The summed E-state index contributed by atoms with van der Waals surface area (Å²) in [6.45, 7) is 6.24. The smallest absolute Gasteiger partial charge is 0.187 e. The Kier molecular flexibility index (Phi) is 5.16. The Hall–Kier alpha value is -1.85. The molecule has 3 rings (SSSR count). The molecule has 3 aromatic rings. The molecule has 0 aliphatic heterocycles. The van der Waals surface area contributed by atoms with Crippen LogP contribution in [0.15, 0.2) is 16.6 Å². The zero-order valence-electron chi connectivity index (χ0n) is 14.1. The molecule has 0 aliphatic carbocycles. The Morgan fingerprint density at radius 3 is 2.80 bits per heavy atom. The van der Waals surface area contributed by atoms with Gasteiger partial charge in [-0.15, -0.1) is 3.89 Å². The molecule has 2 heterocycles. The summed E-state index contributed by atoms with van der Waals surface area (Å²) in [6.07, 6.45) is 1.49. The van der Waals surface area contributed by atoms with Crippen LogP contribution in [0.5, 0.6) is 0 Å². The Labute approximate surface area is 158 Å². The van der Waals surface area contributed by atoms with Gasteiger partial charge in [-0.25, -0.2) is 4.98 Å². The fourth-order valence-corrected chi connectivity index (χ4v) is 3.78. The number of rotatable bonds is 5. The predicted molar refractivity (Wildman–Crippen MR) is 102 cm³/mol. The van der Waals surface area contributed by atoms with Crippen LogP contribution in [0.2, 0.25) is 0 Å². The lowest BCUT2D eigenvalue weighted by atomic mass is 9.99. The van der Waals surface area contributed by atoms with Crippen LogP contribution in [0.4, 0.5) is 3.89 Å². The fraction of sp³-hybridized carbons (Fsp3) is 0.353. The number of H-pyrrole nitrogens is 1. The van der Waals surface area contributed by atoms with Gasteiger partial charge in [0.15, 0.2) is 18.2 Å². The van der Waals surface area contributed by atoms with Crippen LogP contribution >= 0.6 is 28.3 Å². The van der Waals surface area contributed by atoms with Crippen molar-refractivity contribution in [1.82, 2.24) is 19.2 Å². The van der Waals surface area contributed by atoms with E-state index in [4.69, 9.17) is 0 Å². The van der Waals surface area contributed by atoms with Gasteiger partial charge in [-0.1, -0.05) is 20.8 Å². The van der Waals surface area contributed by atoms with E-state index in [9.17, 15) is 9.15 Å². The zero-order valence-corrected chi connectivity index (χ0v) is 16.5. The maximum Gasteiger partial charge on any atom is 0.187 e. The molecule has 0 bridgehead atoms. The van der Waals surface area contributed by atoms with Gasteiger partial charge in [0.2, 0.25) is 0 Å². The minimum absolute atomic E-state index is 0.105. The SMILES string of the molecule is CCc1c(CC(C)C)c(-c2nc3cc(C#N)c(Br)cc3[nH]2)nn1SF. The molecule has 0 spiro atoms. The highest BCUT2D eigenvalue weighted by molar-refractivity contribution is 9.10. The van der Waals surface area contributed by atoms with Crippen molar-refractivity contribution < 1.29 is 3.89 Å². The molecule has 0 amide bonds. The van der Waals surface area contributed by atoms with Gasteiger partial charge in [-0.05, 0) is 46.8 Å². The van der Waals surface area contributed by atoms with Crippen LogP contribution in [0, 0.1) is 17.2 Å². The molecule has 0 atom stereocenters. The largest absolute Gasteiger partial charge is 0.337 e. The van der Waals surface area contributed by atoms with E-state index >= 15 is 0 Å². The van der Waals surface area contributed by atoms with E-state index in [0.29, 0.717) is 39.4 Å². The second-order valence-electron chi connectivity index (χ2n) is 6.21. The van der Waals surface area contributed by atoms with Crippen molar-refractivity contribution in [2.24, 2.45) is 5.92 Å². The maximum absolute atomic E-state index is 13.3. The van der Waals surface area contributed by atoms with Crippen molar-refractivity contribution in [2.45, 2.75) is 33.6 Å². The number of aromatic amines is 1. The summed E-state index contributed by atoms with van der Waals surface area (Å²) >= 11 is 3.49. The van der Waals surface area contributed by atoms with Gasteiger partial charge in [0.25, 0.3) is 0 Å². The summed E-state index contributed by atoms with van der Waals surface area (Å²) in [4.78, 5) is 7.84. The van der Waals surface area contributed by atoms with E-state index in [1.165, 1.54) is 4.09 Å². The molecule has 5 nitrogen and oxygen atoms in total. The van der Waals surface area contributed by atoms with E-state index in [2.05, 4.69) is 50.9 Å². The molecule has 2 aromatic heterocycles. The summed E-state index contributed by atoms with van der Waals surface area (Å²) in [5.41, 5.74) is 4.56. The van der Waals surface area contributed by atoms with Gasteiger partial charge in [0, 0.05) is 10.0 Å². The van der Waals surface area contributed by atoms with Gasteiger partial charge >= 0.3 is 0 Å². The third-order valence-electron chi connectivity index (χ3n) is 3.98. The van der Waals surface area contributed by atoms with Crippen molar-refractivity contribution in [1.29, 1.82) is 5.26 Å². The third kappa shape index (κ3) is 3.31. The molecule has 0 saturated carbocycles. The van der Waals surface area contributed by atoms with E-state index < -0.39 is 0 Å². The highest BCUT2D eigenvalue weighted by Gasteiger charge is 2.22. The molecule has 8 heteroatoms. The second kappa shape index (κ2) is 7.18. The number of benzene rings is 1. The van der Waals surface area contributed by atoms with Gasteiger partial charge in [0.05, 0.1) is 22.3 Å². The third-order valence-corrected chi connectivity index (χ3v) is 5.07. The van der Waals surface area contributed by atoms with Gasteiger partial charge in [-0.3, -0.25) is 0 Å². The van der Waals surface area contributed by atoms with Gasteiger partial charge < -0.3 is 4.98 Å². The van der Waals surface area contributed by atoms with Crippen molar-refractivity contribution >= 4 is 39.3 Å². The molecule has 0 unspecified atom stereocenters. The van der Waals surface area contributed by atoms with Gasteiger partial charge in [-0.2, -0.15) is 14.4 Å². The average molecular weight is 422 g/mol. The van der Waals surface area contributed by atoms with E-state index in [1.807, 2.05) is 13.0 Å². The monoisotopic (exact) mass is 421 g/mol. The lowest BCUT2D eigenvalue weighted by molar-refractivity contribution is 0.643. The number of nitrogens with zero attached hydrogens (tertiary/aromatic N) is 4. The summed E-state index contributed by atoms with van der Waals surface area (Å²) in [6, 6.07) is 5.68. The van der Waals surface area contributed by atoms with E-state index in [1.54, 1.807) is 6.07 Å². The first-order valence-corrected chi connectivity index (χ1v) is 9.44. The van der Waals surface area contributed by atoms with Crippen molar-refractivity contribution in [3.8, 4) is 17.6 Å². The molecule has 0 fully saturated rings. The molecule has 0 radical (unpaired) electrons. The fourth-order valence-electron chi connectivity index (χ4n) is 2.91. The lowest BCUT2D eigenvalue weighted by Crippen LogP contribution is -2.00. The Morgan fingerprint density at radius 1 is 1.44 bits per heavy atom. The summed E-state index contributed by atoms with van der Waals surface area (Å²) in [5.74, 6) is 1.00. The highest BCUT2D eigenvalue weighted by atomic mass is 79.9. The normalized spacial score (nSPS) is 11.4. The number of fused-ring (bicyclic) bond motifs is 1. The van der Waals surface area contributed by atoms with Crippen LogP contribution in [0.3, 0.4) is 0 Å². The first-order chi connectivity index (χ1) is 12.0. The Morgan fingerprint density at radius 2 is 2.20 bits per heavy atom. The predicted octanol–water partition coefficient (Wildman–Crippen LogP) is 5.20. The summed E-state index contributed by atoms with van der Waals surface area (Å²) < 4.78 is 15.4. The van der Waals surface area contributed by atoms with E-state index in [0.717, 1.165) is 23.2 Å². The molecule has 130 valence electrons. The number of halogens is 2. The van der Waals surface area contributed by atoms with E-state index in [-0.39, 0.29) is 12.3 Å². The Bertz CT molecular complexity index is 970. The van der Waals surface area contributed by atoms with Crippen molar-refractivity contribution in [3.05, 3.63) is 33.4 Å². The number of hydrogen-bond donors (Lipinski definition) is 1. The first-order valence-electron chi connectivity index (χ1n) is 7.98. The average Bonchev–Trinajstić information content (AvgIpc) is 3.13. The summed E-state index contributed by atoms with van der Waals surface area (Å²) in [7, 11) is 0. The van der Waals surface area contributed by atoms with Crippen molar-refractivity contribution in [2.75, 3.05) is 0 Å². The highest BCUT2D eigenvalue weighted by Crippen LogP contribution is 2.31. The zero-order chi connectivity index (χ0) is 18.1. The molecule has 1 aromatic carbocycles. The van der Waals surface area contributed by atoms with Gasteiger partial charge in [0.1, 0.15) is 11.8 Å². The molecule has 1 N–H and O–H groups in total. The number of nitrogens with one attached hydrogen (secondary N) is 1. The maximum atomic E-state index is 13.3.